The molecule has 194 valence electrons. The van der Waals surface area contributed by atoms with Gasteiger partial charge in [-0.15, -0.1) is 0 Å². The van der Waals surface area contributed by atoms with Crippen LogP contribution in [0, 0.1) is 6.92 Å². The first-order chi connectivity index (χ1) is 17.8. The number of hydrogen-bond donors (Lipinski definition) is 3. The molecular formula is C25H28N6O6. The maximum Gasteiger partial charge on any atom is 0.329 e. The van der Waals surface area contributed by atoms with E-state index in [4.69, 9.17) is 14.2 Å². The number of nitrogens with zero attached hydrogens (tertiary/aromatic N) is 4. The number of imidazole rings is 1. The molecule has 0 unspecified atom stereocenters. The number of aliphatic hydroxyl groups is 1. The van der Waals surface area contributed by atoms with Crippen LogP contribution in [-0.2, 0) is 13.6 Å². The van der Waals surface area contributed by atoms with Gasteiger partial charge in [0, 0.05) is 7.05 Å². The fourth-order valence-electron chi connectivity index (χ4n) is 3.76. The highest BCUT2D eigenvalue weighted by molar-refractivity contribution is 5.82. The van der Waals surface area contributed by atoms with Gasteiger partial charge in [-0.25, -0.2) is 10.2 Å². The van der Waals surface area contributed by atoms with Gasteiger partial charge in [0.1, 0.15) is 18.5 Å². The summed E-state index contributed by atoms with van der Waals surface area (Å²) in [5.41, 5.74) is 3.47. The number of fused-ring (bicyclic) bond motifs is 1. The number of benzene rings is 2. The molecule has 1 atom stereocenters. The Bertz CT molecular complexity index is 1550. The SMILES string of the molecule is COc1ccc(/C=N\Nc2nc3c(c(=O)[nH]c(=O)n3C)n2C[C@H](O)COc2ccccc2C)cc1OC. The van der Waals surface area contributed by atoms with Gasteiger partial charge in [0.05, 0.1) is 27.0 Å². The Morgan fingerprint density at radius 1 is 1.14 bits per heavy atom. The Kier molecular flexibility index (Phi) is 7.58. The van der Waals surface area contributed by atoms with Gasteiger partial charge in [-0.05, 0) is 42.3 Å². The number of aromatic amines is 1. The number of nitrogens with one attached hydrogen (secondary N) is 2. The number of aryl methyl sites for hydroxylation is 2. The molecule has 0 aliphatic rings. The number of para-hydroxylation sites is 1. The lowest BCUT2D eigenvalue weighted by molar-refractivity contribution is 0.0935. The van der Waals surface area contributed by atoms with Gasteiger partial charge in [0.2, 0.25) is 5.95 Å². The summed E-state index contributed by atoms with van der Waals surface area (Å²) in [5.74, 6) is 1.93. The van der Waals surface area contributed by atoms with Crippen molar-refractivity contribution in [2.75, 3.05) is 26.3 Å². The predicted octanol–water partition coefficient (Wildman–Crippen LogP) is 1.63. The van der Waals surface area contributed by atoms with Crippen molar-refractivity contribution in [2.24, 2.45) is 12.1 Å². The van der Waals surface area contributed by atoms with Crippen LogP contribution in [0.25, 0.3) is 11.2 Å². The van der Waals surface area contributed by atoms with E-state index in [2.05, 4.69) is 20.5 Å². The third kappa shape index (κ3) is 5.48. The standard InChI is InChI=1S/C25H28N6O6/c1-15-7-5-6-8-18(15)37-14-17(32)13-31-21-22(30(2)25(34)28-23(21)33)27-24(31)29-26-12-16-9-10-19(35-3)20(11-16)36-4/h5-12,17,32H,13-14H2,1-4H3,(H,27,29)(H,28,33,34)/b26-12-/t17-/m0/s1. The lowest BCUT2D eigenvalue weighted by atomic mass is 10.2. The molecule has 2 aromatic carbocycles. The first-order valence-electron chi connectivity index (χ1n) is 11.4. The molecule has 0 amide bonds. The van der Waals surface area contributed by atoms with Crippen molar-refractivity contribution in [2.45, 2.75) is 19.6 Å². The van der Waals surface area contributed by atoms with Crippen molar-refractivity contribution in [3.05, 3.63) is 74.4 Å². The Morgan fingerprint density at radius 3 is 2.62 bits per heavy atom. The van der Waals surface area contributed by atoms with Crippen LogP contribution in [-0.4, -0.2) is 57.4 Å². The van der Waals surface area contributed by atoms with Crippen molar-refractivity contribution < 1.29 is 19.3 Å². The molecule has 2 heterocycles. The second-order valence-electron chi connectivity index (χ2n) is 8.25. The van der Waals surface area contributed by atoms with Crippen molar-refractivity contribution in [3.63, 3.8) is 0 Å². The fourth-order valence-corrected chi connectivity index (χ4v) is 3.76. The lowest BCUT2D eigenvalue weighted by Crippen LogP contribution is -2.30. The number of ether oxygens (including phenoxy) is 3. The molecule has 0 aliphatic heterocycles. The molecule has 0 spiro atoms. The zero-order valence-corrected chi connectivity index (χ0v) is 20.9. The molecule has 0 radical (unpaired) electrons. The van der Waals surface area contributed by atoms with E-state index >= 15 is 0 Å². The molecule has 0 fully saturated rings. The van der Waals surface area contributed by atoms with Crippen molar-refractivity contribution >= 4 is 23.3 Å². The van der Waals surface area contributed by atoms with Gasteiger partial charge < -0.3 is 23.9 Å². The summed E-state index contributed by atoms with van der Waals surface area (Å²) in [6, 6.07) is 12.7. The highest BCUT2D eigenvalue weighted by atomic mass is 16.5. The second-order valence-corrected chi connectivity index (χ2v) is 8.25. The molecule has 12 heteroatoms. The van der Waals surface area contributed by atoms with Gasteiger partial charge in [-0.2, -0.15) is 10.1 Å². The number of hydrazone groups is 1. The van der Waals surface area contributed by atoms with Crippen LogP contribution >= 0.6 is 0 Å². The normalized spacial score (nSPS) is 12.1. The smallest absolute Gasteiger partial charge is 0.329 e. The van der Waals surface area contributed by atoms with E-state index < -0.39 is 17.4 Å². The highest BCUT2D eigenvalue weighted by Crippen LogP contribution is 2.27. The third-order valence-electron chi connectivity index (χ3n) is 5.71. The summed E-state index contributed by atoms with van der Waals surface area (Å²) in [5, 5.41) is 15.0. The average Bonchev–Trinajstić information content (AvgIpc) is 3.25. The van der Waals surface area contributed by atoms with E-state index in [9.17, 15) is 14.7 Å². The van der Waals surface area contributed by atoms with Crippen LogP contribution in [0.1, 0.15) is 11.1 Å². The number of rotatable bonds is 10. The second kappa shape index (κ2) is 11.0. The Balaban J connectivity index is 1.62. The van der Waals surface area contributed by atoms with Crippen molar-refractivity contribution in [1.29, 1.82) is 0 Å². The third-order valence-corrected chi connectivity index (χ3v) is 5.71. The number of aliphatic hydroxyl groups excluding tert-OH is 1. The highest BCUT2D eigenvalue weighted by Gasteiger charge is 2.20. The minimum absolute atomic E-state index is 0.0253. The number of methoxy groups -OCH3 is 2. The van der Waals surface area contributed by atoms with E-state index in [1.165, 1.54) is 29.5 Å². The summed E-state index contributed by atoms with van der Waals surface area (Å²) in [6.45, 7) is 1.84. The molecule has 0 aliphatic carbocycles. The zero-order valence-electron chi connectivity index (χ0n) is 20.9. The van der Waals surface area contributed by atoms with Crippen molar-refractivity contribution in [1.82, 2.24) is 19.1 Å². The van der Waals surface area contributed by atoms with Gasteiger partial charge in [-0.1, -0.05) is 18.2 Å². The van der Waals surface area contributed by atoms with Crippen LogP contribution in [0.2, 0.25) is 0 Å². The Hall–Kier alpha value is -4.58. The van der Waals surface area contributed by atoms with Crippen LogP contribution < -0.4 is 30.9 Å². The Labute approximate surface area is 211 Å². The largest absolute Gasteiger partial charge is 0.493 e. The molecule has 3 N–H and O–H groups in total. The maximum absolute atomic E-state index is 12.7. The molecule has 0 saturated heterocycles. The average molecular weight is 509 g/mol. The van der Waals surface area contributed by atoms with E-state index in [0.717, 1.165) is 5.56 Å². The first kappa shape index (κ1) is 25.5. The van der Waals surface area contributed by atoms with Gasteiger partial charge in [-0.3, -0.25) is 14.3 Å². The lowest BCUT2D eigenvalue weighted by Gasteiger charge is -2.16. The molecule has 12 nitrogen and oxygen atoms in total. The summed E-state index contributed by atoms with van der Waals surface area (Å²) in [4.78, 5) is 31.5. The van der Waals surface area contributed by atoms with E-state index in [-0.39, 0.29) is 30.3 Å². The molecule has 0 saturated carbocycles. The van der Waals surface area contributed by atoms with Crippen LogP contribution in [0.15, 0.2) is 57.2 Å². The zero-order chi connectivity index (χ0) is 26.5. The first-order valence-corrected chi connectivity index (χ1v) is 11.4. The van der Waals surface area contributed by atoms with Gasteiger partial charge >= 0.3 is 5.69 Å². The molecule has 4 rings (SSSR count). The van der Waals surface area contributed by atoms with Crippen molar-refractivity contribution in [3.8, 4) is 17.2 Å². The molecule has 4 aromatic rings. The summed E-state index contributed by atoms with van der Waals surface area (Å²) in [7, 11) is 4.58. The molecule has 0 bridgehead atoms. The topological polar surface area (TPSA) is 145 Å². The quantitative estimate of drug-likeness (QED) is 0.217. The summed E-state index contributed by atoms with van der Waals surface area (Å²) in [6.07, 6.45) is 0.538. The maximum atomic E-state index is 12.7. The van der Waals surface area contributed by atoms with Crippen LogP contribution in [0.4, 0.5) is 5.95 Å². The fraction of sp³-hybridized carbons (Fsp3) is 0.280. The van der Waals surface area contributed by atoms with Crippen LogP contribution in [0.5, 0.6) is 17.2 Å². The number of aromatic nitrogens is 4. The van der Waals surface area contributed by atoms with Crippen LogP contribution in [0.3, 0.4) is 0 Å². The van der Waals surface area contributed by atoms with E-state index in [1.54, 1.807) is 25.3 Å². The van der Waals surface area contributed by atoms with E-state index in [0.29, 0.717) is 22.8 Å². The minimum Gasteiger partial charge on any atom is -0.493 e. The molecule has 37 heavy (non-hydrogen) atoms. The molecular weight excluding hydrogens is 480 g/mol. The number of H-pyrrole nitrogens is 1. The summed E-state index contributed by atoms with van der Waals surface area (Å²) >= 11 is 0. The van der Waals surface area contributed by atoms with Gasteiger partial charge in [0.25, 0.3) is 5.56 Å². The summed E-state index contributed by atoms with van der Waals surface area (Å²) < 4.78 is 19.0. The minimum atomic E-state index is -0.996. The number of hydrogen-bond acceptors (Lipinski definition) is 9. The number of anilines is 1. The molecule has 2 aromatic heterocycles. The Morgan fingerprint density at radius 2 is 1.89 bits per heavy atom. The van der Waals surface area contributed by atoms with Gasteiger partial charge in [0.15, 0.2) is 22.7 Å². The monoisotopic (exact) mass is 508 g/mol. The predicted molar refractivity (Wildman–Crippen MR) is 139 cm³/mol. The van der Waals surface area contributed by atoms with E-state index in [1.807, 2.05) is 31.2 Å².